The summed E-state index contributed by atoms with van der Waals surface area (Å²) in [5, 5.41) is 0. The van der Waals surface area contributed by atoms with Gasteiger partial charge in [0.2, 0.25) is 0 Å². The first kappa shape index (κ1) is 17.8. The minimum atomic E-state index is -4.15. The van der Waals surface area contributed by atoms with Crippen LogP contribution in [0.5, 0.6) is 0 Å². The number of rotatable bonds is 5. The molecule has 0 aliphatic heterocycles. The van der Waals surface area contributed by atoms with Crippen molar-refractivity contribution in [1.29, 1.82) is 0 Å². The molecule has 0 aliphatic carbocycles. The van der Waals surface area contributed by atoms with Crippen LogP contribution >= 0.6 is 0 Å². The third-order valence-electron chi connectivity index (χ3n) is 3.41. The maximum absolute atomic E-state index is 13.0. The van der Waals surface area contributed by atoms with Gasteiger partial charge in [0.15, 0.2) is 0 Å². The van der Waals surface area contributed by atoms with Gasteiger partial charge in [-0.15, -0.1) is 0 Å². The summed E-state index contributed by atoms with van der Waals surface area (Å²) in [6.07, 6.45) is -2.43. The molecule has 0 aliphatic rings. The van der Waals surface area contributed by atoms with E-state index in [4.69, 9.17) is 0 Å². The Kier molecular flexibility index (Phi) is 6.18. The van der Waals surface area contributed by atoms with Crippen molar-refractivity contribution in [1.82, 2.24) is 4.90 Å². The van der Waals surface area contributed by atoms with Gasteiger partial charge in [0.25, 0.3) is 0 Å². The Bertz CT molecular complexity index is 240. The number of hydrogen-bond acceptors (Lipinski definition) is 1. The van der Waals surface area contributed by atoms with Crippen molar-refractivity contribution in [3.05, 3.63) is 0 Å². The average Bonchev–Trinajstić information content (AvgIpc) is 2.09. The van der Waals surface area contributed by atoms with Gasteiger partial charge in [0, 0.05) is 6.04 Å². The van der Waals surface area contributed by atoms with Crippen LogP contribution in [0.3, 0.4) is 0 Å². The highest BCUT2D eigenvalue weighted by Crippen LogP contribution is 2.32. The molecule has 4 heteroatoms. The van der Waals surface area contributed by atoms with E-state index >= 15 is 0 Å². The molecule has 0 saturated heterocycles. The molecule has 0 rings (SSSR count). The fraction of sp³-hybridized carbons (Fsp3) is 1.00. The summed E-state index contributed by atoms with van der Waals surface area (Å²) in [5.41, 5.74) is 0.167. The van der Waals surface area contributed by atoms with Gasteiger partial charge in [-0.3, -0.25) is 4.90 Å². The normalized spacial score (nSPS) is 17.3. The van der Waals surface area contributed by atoms with Crippen LogP contribution in [0, 0.1) is 11.3 Å². The Balaban J connectivity index is 4.63. The lowest BCUT2D eigenvalue weighted by Gasteiger charge is -2.37. The Morgan fingerprint density at radius 3 is 1.72 bits per heavy atom. The van der Waals surface area contributed by atoms with Gasteiger partial charge in [0.1, 0.15) is 6.04 Å². The highest BCUT2D eigenvalue weighted by Gasteiger charge is 2.45. The molecule has 110 valence electrons. The highest BCUT2D eigenvalue weighted by molar-refractivity contribution is 4.83. The summed E-state index contributed by atoms with van der Waals surface area (Å²) in [7, 11) is 1.59. The number of alkyl halides is 3. The molecule has 0 spiro atoms. The number of halogens is 3. The summed E-state index contributed by atoms with van der Waals surface area (Å²) < 4.78 is 39.0. The fourth-order valence-electron chi connectivity index (χ4n) is 2.20. The quantitative estimate of drug-likeness (QED) is 0.696. The standard InChI is InChI=1S/C14H28F3N/c1-10(2)12(14(15,16)17)18(7)11(3)8-9-13(4,5)6/h10-12H,8-9H2,1-7H3/t11-,12-/m1/s1. The molecule has 0 amide bonds. The summed E-state index contributed by atoms with van der Waals surface area (Å²) in [4.78, 5) is 1.48. The van der Waals surface area contributed by atoms with Crippen molar-refractivity contribution in [2.24, 2.45) is 11.3 Å². The Hall–Kier alpha value is -0.250. The van der Waals surface area contributed by atoms with Crippen molar-refractivity contribution in [3.63, 3.8) is 0 Å². The first-order valence-corrected chi connectivity index (χ1v) is 6.65. The lowest BCUT2D eigenvalue weighted by Crippen LogP contribution is -2.50. The monoisotopic (exact) mass is 267 g/mol. The Morgan fingerprint density at radius 1 is 1.00 bits per heavy atom. The maximum Gasteiger partial charge on any atom is 0.404 e. The smallest absolute Gasteiger partial charge is 0.292 e. The summed E-state index contributed by atoms with van der Waals surface area (Å²) in [6.45, 7) is 11.5. The largest absolute Gasteiger partial charge is 0.404 e. The van der Waals surface area contributed by atoms with Crippen LogP contribution in [0.15, 0.2) is 0 Å². The van der Waals surface area contributed by atoms with Crippen LogP contribution in [0.2, 0.25) is 0 Å². The van der Waals surface area contributed by atoms with Gasteiger partial charge in [0.05, 0.1) is 0 Å². The SMILES string of the molecule is CC(C)[C@@H](N(C)[C@H](C)CCC(C)(C)C)C(F)(F)F. The van der Waals surface area contributed by atoms with Crippen LogP contribution in [0.1, 0.15) is 54.4 Å². The molecule has 0 aromatic heterocycles. The van der Waals surface area contributed by atoms with Gasteiger partial charge in [-0.05, 0) is 38.1 Å². The first-order chi connectivity index (χ1) is 7.86. The number of nitrogens with zero attached hydrogens (tertiary/aromatic N) is 1. The van der Waals surface area contributed by atoms with Crippen molar-refractivity contribution in [2.75, 3.05) is 7.05 Å². The zero-order chi connectivity index (χ0) is 14.7. The van der Waals surface area contributed by atoms with Gasteiger partial charge in [-0.1, -0.05) is 34.6 Å². The lowest BCUT2D eigenvalue weighted by molar-refractivity contribution is -0.196. The van der Waals surface area contributed by atoms with E-state index in [9.17, 15) is 13.2 Å². The minimum Gasteiger partial charge on any atom is -0.292 e. The minimum absolute atomic E-state index is 0.0572. The van der Waals surface area contributed by atoms with Crippen molar-refractivity contribution in [2.45, 2.75) is 72.6 Å². The maximum atomic E-state index is 13.0. The molecule has 2 atom stereocenters. The summed E-state index contributed by atoms with van der Waals surface area (Å²) in [5.74, 6) is -0.424. The molecular formula is C14H28F3N. The van der Waals surface area contributed by atoms with Crippen molar-refractivity contribution in [3.8, 4) is 0 Å². The van der Waals surface area contributed by atoms with E-state index in [1.165, 1.54) is 4.90 Å². The van der Waals surface area contributed by atoms with Crippen molar-refractivity contribution >= 4 is 0 Å². The second-order valence-corrected chi connectivity index (χ2v) is 6.84. The van der Waals surface area contributed by atoms with Crippen LogP contribution in [-0.4, -0.2) is 30.2 Å². The molecule has 0 unspecified atom stereocenters. The van der Waals surface area contributed by atoms with E-state index in [0.29, 0.717) is 0 Å². The molecule has 0 saturated carbocycles. The zero-order valence-electron chi connectivity index (χ0n) is 12.7. The van der Waals surface area contributed by atoms with Crippen LogP contribution in [0.4, 0.5) is 13.2 Å². The summed E-state index contributed by atoms with van der Waals surface area (Å²) in [6, 6.07) is -1.41. The average molecular weight is 267 g/mol. The molecule has 0 aromatic rings. The molecule has 0 heterocycles. The Morgan fingerprint density at radius 2 is 1.44 bits per heavy atom. The highest BCUT2D eigenvalue weighted by atomic mass is 19.4. The predicted octanol–water partition coefficient (Wildman–Crippen LogP) is 4.72. The molecule has 0 bridgehead atoms. The van der Waals surface area contributed by atoms with Crippen LogP contribution < -0.4 is 0 Å². The summed E-state index contributed by atoms with van der Waals surface area (Å²) >= 11 is 0. The molecule has 1 nitrogen and oxygen atoms in total. The topological polar surface area (TPSA) is 3.24 Å². The van der Waals surface area contributed by atoms with E-state index in [2.05, 4.69) is 20.8 Å². The third kappa shape index (κ3) is 6.07. The molecule has 0 aromatic carbocycles. The van der Waals surface area contributed by atoms with E-state index in [-0.39, 0.29) is 11.5 Å². The van der Waals surface area contributed by atoms with Crippen LogP contribution in [-0.2, 0) is 0 Å². The Labute approximate surface area is 110 Å². The van der Waals surface area contributed by atoms with Gasteiger partial charge in [-0.25, -0.2) is 0 Å². The van der Waals surface area contributed by atoms with E-state index < -0.39 is 18.1 Å². The van der Waals surface area contributed by atoms with E-state index in [1.807, 2.05) is 6.92 Å². The molecule has 0 radical (unpaired) electrons. The molecule has 18 heavy (non-hydrogen) atoms. The van der Waals surface area contributed by atoms with Gasteiger partial charge in [-0.2, -0.15) is 13.2 Å². The fourth-order valence-corrected chi connectivity index (χ4v) is 2.20. The molecular weight excluding hydrogens is 239 g/mol. The van der Waals surface area contributed by atoms with Gasteiger partial charge >= 0.3 is 6.18 Å². The van der Waals surface area contributed by atoms with E-state index in [0.717, 1.165) is 12.8 Å². The first-order valence-electron chi connectivity index (χ1n) is 6.65. The van der Waals surface area contributed by atoms with Crippen molar-refractivity contribution < 1.29 is 13.2 Å². The number of hydrogen-bond donors (Lipinski definition) is 0. The second kappa shape index (κ2) is 6.27. The lowest BCUT2D eigenvalue weighted by atomic mass is 9.88. The second-order valence-electron chi connectivity index (χ2n) is 6.84. The van der Waals surface area contributed by atoms with Gasteiger partial charge < -0.3 is 0 Å². The molecule has 0 fully saturated rings. The molecule has 0 N–H and O–H groups in total. The predicted molar refractivity (Wildman–Crippen MR) is 70.6 cm³/mol. The third-order valence-corrected chi connectivity index (χ3v) is 3.41. The van der Waals surface area contributed by atoms with E-state index in [1.54, 1.807) is 20.9 Å². The zero-order valence-corrected chi connectivity index (χ0v) is 12.7. The van der Waals surface area contributed by atoms with Crippen LogP contribution in [0.25, 0.3) is 0 Å².